The SMILES string of the molecule is CCOC(=O)[C@H]1CSC2(CCC(c3ccccc3)CC2)N1C(=O)c1ccc(Cl)cc1. The molecule has 1 spiro atoms. The van der Waals surface area contributed by atoms with Crippen molar-refractivity contribution in [1.29, 1.82) is 0 Å². The third kappa shape index (κ3) is 4.10. The molecule has 0 radical (unpaired) electrons. The fourth-order valence-electron chi connectivity index (χ4n) is 4.64. The van der Waals surface area contributed by atoms with Gasteiger partial charge in [0, 0.05) is 16.3 Å². The van der Waals surface area contributed by atoms with Gasteiger partial charge in [-0.1, -0.05) is 41.9 Å². The molecule has 0 unspecified atom stereocenters. The standard InChI is InChI=1S/C24H26ClNO3S/c1-2-29-23(28)21-16-30-24(26(21)22(27)19-8-10-20(25)11-9-19)14-12-18(13-15-24)17-6-4-3-5-7-17/h3-11,18,21H,2,12-16H2,1H3/t18?,21-,24?/m1/s1. The van der Waals surface area contributed by atoms with Gasteiger partial charge in [0.25, 0.3) is 5.91 Å². The zero-order valence-electron chi connectivity index (χ0n) is 17.1. The molecule has 4 nitrogen and oxygen atoms in total. The van der Waals surface area contributed by atoms with E-state index in [1.807, 2.05) is 11.0 Å². The maximum Gasteiger partial charge on any atom is 0.329 e. The summed E-state index contributed by atoms with van der Waals surface area (Å²) in [6.07, 6.45) is 3.73. The van der Waals surface area contributed by atoms with Gasteiger partial charge in [-0.2, -0.15) is 0 Å². The predicted molar refractivity (Wildman–Crippen MR) is 121 cm³/mol. The third-order valence-corrected chi connectivity index (χ3v) is 8.04. The molecular weight excluding hydrogens is 418 g/mol. The monoisotopic (exact) mass is 443 g/mol. The maximum absolute atomic E-state index is 13.6. The van der Waals surface area contributed by atoms with Crippen molar-refractivity contribution in [2.45, 2.75) is 49.4 Å². The molecule has 0 bridgehead atoms. The first-order valence-electron chi connectivity index (χ1n) is 10.5. The Morgan fingerprint density at radius 2 is 1.77 bits per heavy atom. The van der Waals surface area contributed by atoms with E-state index in [2.05, 4.69) is 24.3 Å². The van der Waals surface area contributed by atoms with Crippen LogP contribution in [0.2, 0.25) is 5.02 Å². The average Bonchev–Trinajstić information content (AvgIpc) is 3.14. The van der Waals surface area contributed by atoms with E-state index < -0.39 is 6.04 Å². The molecule has 1 saturated heterocycles. The van der Waals surface area contributed by atoms with E-state index >= 15 is 0 Å². The number of benzene rings is 2. The molecule has 1 saturated carbocycles. The Morgan fingerprint density at radius 1 is 1.10 bits per heavy atom. The van der Waals surface area contributed by atoms with Gasteiger partial charge in [0.05, 0.1) is 11.5 Å². The van der Waals surface area contributed by atoms with E-state index in [4.69, 9.17) is 16.3 Å². The fourth-order valence-corrected chi connectivity index (χ4v) is 6.40. The van der Waals surface area contributed by atoms with Gasteiger partial charge in [-0.15, -0.1) is 11.8 Å². The number of carbonyl (C=O) groups is 2. The summed E-state index contributed by atoms with van der Waals surface area (Å²) < 4.78 is 5.32. The van der Waals surface area contributed by atoms with Crippen LogP contribution in [0.3, 0.4) is 0 Å². The molecule has 2 aliphatic rings. The van der Waals surface area contributed by atoms with E-state index in [9.17, 15) is 9.59 Å². The van der Waals surface area contributed by atoms with Gasteiger partial charge in [0.15, 0.2) is 0 Å². The van der Waals surface area contributed by atoms with Crippen molar-refractivity contribution in [2.75, 3.05) is 12.4 Å². The molecule has 30 heavy (non-hydrogen) atoms. The summed E-state index contributed by atoms with van der Waals surface area (Å²) in [5, 5.41) is 0.586. The van der Waals surface area contributed by atoms with Crippen molar-refractivity contribution in [1.82, 2.24) is 4.90 Å². The normalized spacial score (nSPS) is 26.0. The minimum Gasteiger partial charge on any atom is -0.464 e. The number of ether oxygens (including phenoxy) is 1. The number of thioether (sulfide) groups is 1. The van der Waals surface area contributed by atoms with E-state index in [-0.39, 0.29) is 16.7 Å². The lowest BCUT2D eigenvalue weighted by molar-refractivity contribution is -0.148. The first kappa shape index (κ1) is 21.3. The zero-order valence-corrected chi connectivity index (χ0v) is 18.6. The van der Waals surface area contributed by atoms with Gasteiger partial charge in [0.1, 0.15) is 6.04 Å². The zero-order chi connectivity index (χ0) is 21.1. The highest BCUT2D eigenvalue weighted by Crippen LogP contribution is 2.52. The second-order valence-electron chi connectivity index (χ2n) is 7.89. The van der Waals surface area contributed by atoms with E-state index in [1.54, 1.807) is 43.0 Å². The molecule has 1 aliphatic heterocycles. The van der Waals surface area contributed by atoms with Gasteiger partial charge < -0.3 is 9.64 Å². The summed E-state index contributed by atoms with van der Waals surface area (Å²) in [5.41, 5.74) is 1.91. The maximum atomic E-state index is 13.6. The summed E-state index contributed by atoms with van der Waals surface area (Å²) in [4.78, 5) is 27.7. The van der Waals surface area contributed by atoms with Crippen molar-refractivity contribution >= 4 is 35.2 Å². The quantitative estimate of drug-likeness (QED) is 0.584. The fraction of sp³-hybridized carbons (Fsp3) is 0.417. The molecule has 4 rings (SSSR count). The summed E-state index contributed by atoms with van der Waals surface area (Å²) in [5.74, 6) is 0.641. The Bertz CT molecular complexity index is 894. The average molecular weight is 444 g/mol. The van der Waals surface area contributed by atoms with Gasteiger partial charge in [-0.3, -0.25) is 4.79 Å². The van der Waals surface area contributed by atoms with Crippen LogP contribution in [-0.2, 0) is 9.53 Å². The molecular formula is C24H26ClNO3S. The topological polar surface area (TPSA) is 46.6 Å². The van der Waals surface area contributed by atoms with Gasteiger partial charge in [0.2, 0.25) is 0 Å². The number of hydrogen-bond donors (Lipinski definition) is 0. The highest BCUT2D eigenvalue weighted by molar-refractivity contribution is 8.01. The van der Waals surface area contributed by atoms with Crippen molar-refractivity contribution in [3.63, 3.8) is 0 Å². The molecule has 1 amide bonds. The Balaban J connectivity index is 1.60. The molecule has 2 aromatic carbocycles. The number of hydrogen-bond acceptors (Lipinski definition) is 4. The lowest BCUT2D eigenvalue weighted by Gasteiger charge is -2.44. The largest absolute Gasteiger partial charge is 0.464 e. The van der Waals surface area contributed by atoms with Gasteiger partial charge in [-0.25, -0.2) is 4.79 Å². The molecule has 0 N–H and O–H groups in total. The van der Waals surface area contributed by atoms with Gasteiger partial charge >= 0.3 is 5.97 Å². The molecule has 158 valence electrons. The van der Waals surface area contributed by atoms with Crippen LogP contribution < -0.4 is 0 Å². The number of carbonyl (C=O) groups excluding carboxylic acids is 2. The van der Waals surface area contributed by atoms with Crippen LogP contribution in [0, 0.1) is 0 Å². The minimum atomic E-state index is -0.550. The Hall–Kier alpha value is -1.98. The predicted octanol–water partition coefficient (Wildman–Crippen LogP) is 5.51. The Kier molecular flexibility index (Phi) is 6.40. The summed E-state index contributed by atoms with van der Waals surface area (Å²) in [6, 6.07) is 16.9. The third-order valence-electron chi connectivity index (χ3n) is 6.17. The molecule has 1 aliphatic carbocycles. The van der Waals surface area contributed by atoms with E-state index in [1.165, 1.54) is 5.56 Å². The molecule has 1 heterocycles. The van der Waals surface area contributed by atoms with Crippen molar-refractivity contribution < 1.29 is 14.3 Å². The number of halogens is 1. The van der Waals surface area contributed by atoms with Crippen LogP contribution in [-0.4, -0.2) is 40.0 Å². The Labute approximate surface area is 186 Å². The summed E-state index contributed by atoms with van der Waals surface area (Å²) >= 11 is 7.75. The van der Waals surface area contributed by atoms with Crippen molar-refractivity contribution in [3.05, 3.63) is 70.7 Å². The molecule has 6 heteroatoms. The van der Waals surface area contributed by atoms with Crippen LogP contribution in [0.1, 0.15) is 54.4 Å². The van der Waals surface area contributed by atoms with Crippen LogP contribution in [0.15, 0.2) is 54.6 Å². The first-order chi connectivity index (χ1) is 14.5. The smallest absolute Gasteiger partial charge is 0.329 e. The molecule has 2 fully saturated rings. The Morgan fingerprint density at radius 3 is 2.40 bits per heavy atom. The lowest BCUT2D eigenvalue weighted by atomic mass is 9.80. The number of esters is 1. The second-order valence-corrected chi connectivity index (χ2v) is 9.71. The van der Waals surface area contributed by atoms with Crippen molar-refractivity contribution in [3.8, 4) is 0 Å². The van der Waals surface area contributed by atoms with Gasteiger partial charge in [-0.05, 0) is 68.4 Å². The highest BCUT2D eigenvalue weighted by atomic mass is 35.5. The van der Waals surface area contributed by atoms with Crippen LogP contribution >= 0.6 is 23.4 Å². The molecule has 0 aromatic heterocycles. The minimum absolute atomic E-state index is 0.118. The number of nitrogens with zero attached hydrogens (tertiary/aromatic N) is 1. The number of amides is 1. The van der Waals surface area contributed by atoms with E-state index in [0.29, 0.717) is 28.9 Å². The molecule has 2 aromatic rings. The first-order valence-corrected chi connectivity index (χ1v) is 11.9. The summed E-state index contributed by atoms with van der Waals surface area (Å²) in [7, 11) is 0. The number of rotatable bonds is 4. The molecule has 1 atom stereocenters. The van der Waals surface area contributed by atoms with Crippen LogP contribution in [0.5, 0.6) is 0 Å². The van der Waals surface area contributed by atoms with Crippen LogP contribution in [0.25, 0.3) is 0 Å². The second kappa shape index (κ2) is 9.03. The summed E-state index contributed by atoms with van der Waals surface area (Å²) in [6.45, 7) is 2.11. The van der Waals surface area contributed by atoms with Crippen LogP contribution in [0.4, 0.5) is 0 Å². The van der Waals surface area contributed by atoms with E-state index in [0.717, 1.165) is 25.7 Å². The highest BCUT2D eigenvalue weighted by Gasteiger charge is 2.53. The van der Waals surface area contributed by atoms with Crippen molar-refractivity contribution in [2.24, 2.45) is 0 Å². The lowest BCUT2D eigenvalue weighted by Crippen LogP contribution is -2.54.